The monoisotopic (exact) mass is 525 g/mol. The third kappa shape index (κ3) is 8.03. The van der Waals surface area contributed by atoms with Gasteiger partial charge in [0.25, 0.3) is 5.91 Å². The third-order valence-electron chi connectivity index (χ3n) is 6.51. The zero-order valence-electron chi connectivity index (χ0n) is 21.6. The van der Waals surface area contributed by atoms with Gasteiger partial charge in [-0.05, 0) is 54.6 Å². The van der Waals surface area contributed by atoms with Crippen molar-refractivity contribution in [1.82, 2.24) is 15.5 Å². The van der Waals surface area contributed by atoms with E-state index in [1.807, 2.05) is 44.2 Å². The van der Waals surface area contributed by atoms with Gasteiger partial charge in [0, 0.05) is 37.3 Å². The summed E-state index contributed by atoms with van der Waals surface area (Å²) in [5, 5.41) is 16.1. The molecule has 1 heterocycles. The number of carbonyl (C=O) groups excluding carboxylic acids is 2. The molecule has 2 amide bonds. The van der Waals surface area contributed by atoms with Gasteiger partial charge >= 0.3 is 0 Å². The predicted molar refractivity (Wildman–Crippen MR) is 143 cm³/mol. The molecule has 2 aromatic rings. The summed E-state index contributed by atoms with van der Waals surface area (Å²) in [5.41, 5.74) is 0.471. The molecule has 1 saturated heterocycles. The van der Waals surface area contributed by atoms with Crippen LogP contribution in [0.4, 0.5) is 5.69 Å². The lowest BCUT2D eigenvalue weighted by molar-refractivity contribution is -0.138. The number of nitriles is 1. The van der Waals surface area contributed by atoms with Crippen LogP contribution in [0.15, 0.2) is 54.6 Å². The highest BCUT2D eigenvalue weighted by atomic mass is 32.2. The summed E-state index contributed by atoms with van der Waals surface area (Å²) in [6, 6.07) is 18.2. The fourth-order valence-corrected chi connectivity index (χ4v) is 4.99. The van der Waals surface area contributed by atoms with Crippen LogP contribution in [0.5, 0.6) is 0 Å². The standard InChI is InChI=1S/C27H35N5O4S/c1-26(2,13-16-30-25(34)22-9-11-23(12-10-22)31-37(3,35)36)17-24(33)32(18-21-7-5-4-6-8-21)27(19-28)14-15-29-20-27/h4-12,29,31H,13-18,20H2,1-3H3,(H,30,34). The van der Waals surface area contributed by atoms with Gasteiger partial charge in [0.1, 0.15) is 5.54 Å². The maximum atomic E-state index is 13.6. The Bertz CT molecular complexity index is 1230. The molecule has 1 unspecified atom stereocenters. The first-order chi connectivity index (χ1) is 17.4. The third-order valence-corrected chi connectivity index (χ3v) is 7.12. The van der Waals surface area contributed by atoms with Crippen LogP contribution in [0.1, 0.15) is 49.0 Å². The van der Waals surface area contributed by atoms with E-state index in [0.29, 0.717) is 50.3 Å². The molecule has 0 aliphatic carbocycles. The Morgan fingerprint density at radius 3 is 2.38 bits per heavy atom. The summed E-state index contributed by atoms with van der Waals surface area (Å²) in [4.78, 5) is 27.8. The van der Waals surface area contributed by atoms with Crippen LogP contribution < -0.4 is 15.4 Å². The Labute approximate surface area is 219 Å². The number of hydrogen-bond donors (Lipinski definition) is 3. The van der Waals surface area contributed by atoms with Gasteiger partial charge in [-0.15, -0.1) is 0 Å². The maximum absolute atomic E-state index is 13.6. The minimum atomic E-state index is -3.39. The van der Waals surface area contributed by atoms with Gasteiger partial charge in [-0.1, -0.05) is 44.2 Å². The highest BCUT2D eigenvalue weighted by Crippen LogP contribution is 2.31. The summed E-state index contributed by atoms with van der Waals surface area (Å²) >= 11 is 0. The molecule has 1 aliphatic rings. The fourth-order valence-electron chi connectivity index (χ4n) is 4.42. The normalized spacial score (nSPS) is 17.6. The second-order valence-electron chi connectivity index (χ2n) is 10.3. The average Bonchev–Trinajstić information content (AvgIpc) is 3.32. The van der Waals surface area contributed by atoms with Gasteiger partial charge in [0.15, 0.2) is 0 Å². The van der Waals surface area contributed by atoms with E-state index in [-0.39, 0.29) is 18.2 Å². The van der Waals surface area contributed by atoms with Crippen molar-refractivity contribution in [3.63, 3.8) is 0 Å². The van der Waals surface area contributed by atoms with E-state index in [4.69, 9.17) is 0 Å². The molecular weight excluding hydrogens is 490 g/mol. The van der Waals surface area contributed by atoms with Crippen LogP contribution in [-0.4, -0.2) is 56.6 Å². The van der Waals surface area contributed by atoms with E-state index in [1.54, 1.807) is 17.0 Å². The summed E-state index contributed by atoms with van der Waals surface area (Å²) in [6.07, 6.45) is 2.45. The van der Waals surface area contributed by atoms with Crippen molar-refractivity contribution in [3.05, 3.63) is 65.7 Å². The highest BCUT2D eigenvalue weighted by molar-refractivity contribution is 7.92. The molecule has 3 rings (SSSR count). The van der Waals surface area contributed by atoms with Crippen molar-refractivity contribution in [2.75, 3.05) is 30.6 Å². The average molecular weight is 526 g/mol. The van der Waals surface area contributed by atoms with Crippen LogP contribution in [0.2, 0.25) is 0 Å². The number of nitrogens with zero attached hydrogens (tertiary/aromatic N) is 2. The molecule has 37 heavy (non-hydrogen) atoms. The highest BCUT2D eigenvalue weighted by Gasteiger charge is 2.43. The molecule has 0 radical (unpaired) electrons. The van der Waals surface area contributed by atoms with Crippen molar-refractivity contribution in [2.24, 2.45) is 5.41 Å². The molecule has 10 heteroatoms. The first-order valence-electron chi connectivity index (χ1n) is 12.3. The quantitative estimate of drug-likeness (QED) is 0.413. The van der Waals surface area contributed by atoms with Gasteiger partial charge < -0.3 is 15.5 Å². The zero-order chi connectivity index (χ0) is 27.1. The lowest BCUT2D eigenvalue weighted by Gasteiger charge is -2.38. The molecule has 2 aromatic carbocycles. The molecule has 0 bridgehead atoms. The Kier molecular flexibility index (Phi) is 8.94. The number of anilines is 1. The lowest BCUT2D eigenvalue weighted by atomic mass is 9.84. The Balaban J connectivity index is 1.60. The number of carbonyl (C=O) groups is 2. The summed E-state index contributed by atoms with van der Waals surface area (Å²) in [6.45, 7) is 5.83. The number of sulfonamides is 1. The first kappa shape index (κ1) is 28.2. The number of hydrogen-bond acceptors (Lipinski definition) is 6. The van der Waals surface area contributed by atoms with E-state index in [1.165, 1.54) is 12.1 Å². The molecule has 198 valence electrons. The number of rotatable bonds is 11. The van der Waals surface area contributed by atoms with Crippen LogP contribution in [0.3, 0.4) is 0 Å². The smallest absolute Gasteiger partial charge is 0.251 e. The molecular formula is C27H35N5O4S. The second kappa shape index (κ2) is 11.8. The largest absolute Gasteiger partial charge is 0.352 e. The van der Waals surface area contributed by atoms with Crippen LogP contribution in [0, 0.1) is 16.7 Å². The Morgan fingerprint density at radius 1 is 1.14 bits per heavy atom. The Morgan fingerprint density at radius 2 is 1.81 bits per heavy atom. The number of amides is 2. The number of benzene rings is 2. The first-order valence-corrected chi connectivity index (χ1v) is 14.1. The zero-order valence-corrected chi connectivity index (χ0v) is 22.4. The van der Waals surface area contributed by atoms with Crippen molar-refractivity contribution in [3.8, 4) is 6.07 Å². The molecule has 3 N–H and O–H groups in total. The second-order valence-corrected chi connectivity index (χ2v) is 12.1. The van der Waals surface area contributed by atoms with Crippen molar-refractivity contribution in [1.29, 1.82) is 5.26 Å². The summed E-state index contributed by atoms with van der Waals surface area (Å²) in [5.74, 6) is -0.362. The van der Waals surface area contributed by atoms with Gasteiger partial charge in [0.2, 0.25) is 15.9 Å². The van der Waals surface area contributed by atoms with E-state index < -0.39 is 21.0 Å². The Hall–Kier alpha value is -3.42. The maximum Gasteiger partial charge on any atom is 0.251 e. The molecule has 0 saturated carbocycles. The summed E-state index contributed by atoms with van der Waals surface area (Å²) < 4.78 is 25.0. The van der Waals surface area contributed by atoms with E-state index in [9.17, 15) is 23.3 Å². The minimum Gasteiger partial charge on any atom is -0.352 e. The molecule has 1 aliphatic heterocycles. The molecule has 1 atom stereocenters. The topological polar surface area (TPSA) is 131 Å². The minimum absolute atomic E-state index is 0.0839. The van der Waals surface area contributed by atoms with E-state index in [2.05, 4.69) is 21.4 Å². The summed E-state index contributed by atoms with van der Waals surface area (Å²) in [7, 11) is -3.39. The van der Waals surface area contributed by atoms with Gasteiger partial charge in [-0.25, -0.2) is 8.42 Å². The van der Waals surface area contributed by atoms with Crippen LogP contribution >= 0.6 is 0 Å². The molecule has 1 fully saturated rings. The van der Waals surface area contributed by atoms with Crippen molar-refractivity contribution >= 4 is 27.5 Å². The van der Waals surface area contributed by atoms with Gasteiger partial charge in [-0.2, -0.15) is 5.26 Å². The molecule has 9 nitrogen and oxygen atoms in total. The van der Waals surface area contributed by atoms with Gasteiger partial charge in [-0.3, -0.25) is 14.3 Å². The number of nitrogens with one attached hydrogen (secondary N) is 3. The fraction of sp³-hybridized carbons (Fsp3) is 0.444. The van der Waals surface area contributed by atoms with E-state index >= 15 is 0 Å². The molecule has 0 aromatic heterocycles. The van der Waals surface area contributed by atoms with Crippen LogP contribution in [-0.2, 0) is 21.4 Å². The van der Waals surface area contributed by atoms with Crippen molar-refractivity contribution in [2.45, 2.75) is 45.2 Å². The molecule has 0 spiro atoms. The van der Waals surface area contributed by atoms with Gasteiger partial charge in [0.05, 0.1) is 12.3 Å². The van der Waals surface area contributed by atoms with E-state index in [0.717, 1.165) is 11.8 Å². The predicted octanol–water partition coefficient (Wildman–Crippen LogP) is 2.88. The van der Waals surface area contributed by atoms with Crippen molar-refractivity contribution < 1.29 is 18.0 Å². The lowest BCUT2D eigenvalue weighted by Crippen LogP contribution is -2.52. The van der Waals surface area contributed by atoms with Crippen LogP contribution in [0.25, 0.3) is 0 Å². The SMILES string of the molecule is CC(C)(CCNC(=O)c1ccc(NS(C)(=O)=O)cc1)CC(=O)N(Cc1ccccc1)C1(C#N)CCNC1.